The van der Waals surface area contributed by atoms with Gasteiger partial charge in [-0.2, -0.15) is 5.10 Å². The lowest BCUT2D eigenvalue weighted by molar-refractivity contribution is -0.384. The number of hydrogen-bond donors (Lipinski definition) is 2. The first kappa shape index (κ1) is 26.4. The van der Waals surface area contributed by atoms with E-state index >= 15 is 0 Å². The summed E-state index contributed by atoms with van der Waals surface area (Å²) in [6.45, 7) is 1.82. The molecule has 0 saturated heterocycles. The predicted octanol–water partition coefficient (Wildman–Crippen LogP) is 4.23. The van der Waals surface area contributed by atoms with Crippen LogP contribution >= 0.6 is 11.8 Å². The zero-order chi connectivity index (χ0) is 25.8. The standard InChI is InChI=1S/C26H26N4O5S/c1-19(22-5-3-2-4-6-22)28-25(31)16-35-24-13-9-20(10-14-24)15-27-29-26(32)18-36-17-21-7-11-23(12-8-21)30(33)34/h2-15,19H,16-18H2,1H3,(H,28,31)(H,29,32). The Bertz CT molecular complexity index is 1190. The van der Waals surface area contributed by atoms with Gasteiger partial charge in [0.15, 0.2) is 6.61 Å². The number of nitro benzene ring substituents is 1. The van der Waals surface area contributed by atoms with E-state index in [1.165, 1.54) is 30.1 Å². The van der Waals surface area contributed by atoms with E-state index in [-0.39, 0.29) is 35.9 Å². The van der Waals surface area contributed by atoms with Gasteiger partial charge in [0, 0.05) is 17.9 Å². The van der Waals surface area contributed by atoms with E-state index < -0.39 is 4.92 Å². The Morgan fingerprint density at radius 1 is 1.03 bits per heavy atom. The molecule has 3 aromatic carbocycles. The smallest absolute Gasteiger partial charge is 0.269 e. The van der Waals surface area contributed by atoms with Crippen molar-refractivity contribution < 1.29 is 19.2 Å². The van der Waals surface area contributed by atoms with E-state index in [1.807, 2.05) is 37.3 Å². The molecule has 0 heterocycles. The first-order chi connectivity index (χ1) is 17.4. The maximum Gasteiger partial charge on any atom is 0.269 e. The van der Waals surface area contributed by atoms with Crippen LogP contribution in [0.1, 0.15) is 29.7 Å². The van der Waals surface area contributed by atoms with Crippen LogP contribution < -0.4 is 15.5 Å². The molecular weight excluding hydrogens is 480 g/mol. The van der Waals surface area contributed by atoms with Crippen LogP contribution in [-0.4, -0.2) is 35.3 Å². The quantitative estimate of drug-likeness (QED) is 0.215. The van der Waals surface area contributed by atoms with Gasteiger partial charge >= 0.3 is 0 Å². The molecule has 3 rings (SSSR count). The lowest BCUT2D eigenvalue weighted by atomic mass is 10.1. The SMILES string of the molecule is CC(NC(=O)COc1ccc(C=NNC(=O)CSCc2ccc([N+](=O)[O-])cc2)cc1)c1ccccc1. The fourth-order valence-electron chi connectivity index (χ4n) is 3.09. The molecule has 0 aliphatic heterocycles. The number of non-ortho nitro benzene ring substituents is 1. The number of benzene rings is 3. The summed E-state index contributed by atoms with van der Waals surface area (Å²) in [5.41, 5.74) is 5.17. The molecule has 0 fully saturated rings. The van der Waals surface area contributed by atoms with Gasteiger partial charge in [0.05, 0.1) is 22.9 Å². The summed E-state index contributed by atoms with van der Waals surface area (Å²) in [6, 6.07) is 22.8. The highest BCUT2D eigenvalue weighted by Gasteiger charge is 2.10. The van der Waals surface area contributed by atoms with Gasteiger partial charge in [0.1, 0.15) is 5.75 Å². The topological polar surface area (TPSA) is 123 Å². The zero-order valence-electron chi connectivity index (χ0n) is 19.6. The molecule has 9 nitrogen and oxygen atoms in total. The Morgan fingerprint density at radius 2 is 1.72 bits per heavy atom. The lowest BCUT2D eigenvalue weighted by Crippen LogP contribution is -2.31. The van der Waals surface area contributed by atoms with Crippen LogP contribution in [0.5, 0.6) is 5.75 Å². The Labute approximate surface area is 213 Å². The van der Waals surface area contributed by atoms with Crippen molar-refractivity contribution in [3.8, 4) is 5.75 Å². The number of nitrogens with zero attached hydrogens (tertiary/aromatic N) is 2. The predicted molar refractivity (Wildman–Crippen MR) is 140 cm³/mol. The maximum absolute atomic E-state index is 12.1. The molecule has 0 aromatic heterocycles. The molecule has 10 heteroatoms. The Kier molecular flexibility index (Phi) is 10.0. The van der Waals surface area contributed by atoms with E-state index in [9.17, 15) is 19.7 Å². The molecule has 0 radical (unpaired) electrons. The van der Waals surface area contributed by atoms with Gasteiger partial charge in [0.25, 0.3) is 11.6 Å². The van der Waals surface area contributed by atoms with Crippen molar-refractivity contribution in [3.05, 3.63) is 106 Å². The zero-order valence-corrected chi connectivity index (χ0v) is 20.4. The van der Waals surface area contributed by atoms with Crippen molar-refractivity contribution in [1.29, 1.82) is 0 Å². The molecule has 0 bridgehead atoms. The van der Waals surface area contributed by atoms with E-state index in [4.69, 9.17) is 4.74 Å². The molecule has 36 heavy (non-hydrogen) atoms. The molecule has 0 aliphatic rings. The first-order valence-corrected chi connectivity index (χ1v) is 12.3. The highest BCUT2D eigenvalue weighted by Crippen LogP contribution is 2.17. The normalized spacial score (nSPS) is 11.6. The minimum absolute atomic E-state index is 0.0365. The molecular formula is C26H26N4O5S. The fourth-order valence-corrected chi connectivity index (χ4v) is 3.87. The van der Waals surface area contributed by atoms with Crippen molar-refractivity contribution in [2.45, 2.75) is 18.7 Å². The third-order valence-corrected chi connectivity index (χ3v) is 5.98. The number of ether oxygens (including phenoxy) is 1. The van der Waals surface area contributed by atoms with Crippen molar-refractivity contribution in [2.24, 2.45) is 5.10 Å². The summed E-state index contributed by atoms with van der Waals surface area (Å²) in [7, 11) is 0. The summed E-state index contributed by atoms with van der Waals surface area (Å²) in [5, 5.41) is 17.5. The number of hydrogen-bond acceptors (Lipinski definition) is 7. The second-order valence-electron chi connectivity index (χ2n) is 7.77. The minimum Gasteiger partial charge on any atom is -0.484 e. The molecule has 1 atom stereocenters. The second kappa shape index (κ2) is 13.6. The van der Waals surface area contributed by atoms with Crippen LogP contribution in [0.3, 0.4) is 0 Å². The molecule has 0 aliphatic carbocycles. The van der Waals surface area contributed by atoms with Gasteiger partial charge in [-0.15, -0.1) is 11.8 Å². The highest BCUT2D eigenvalue weighted by molar-refractivity contribution is 7.99. The average Bonchev–Trinajstić information content (AvgIpc) is 2.89. The largest absolute Gasteiger partial charge is 0.484 e. The van der Waals surface area contributed by atoms with Gasteiger partial charge < -0.3 is 10.1 Å². The van der Waals surface area contributed by atoms with Crippen molar-refractivity contribution in [3.63, 3.8) is 0 Å². The molecule has 0 saturated carbocycles. The molecule has 1 unspecified atom stereocenters. The number of carbonyl (C=O) groups is 2. The number of nitrogens with one attached hydrogen (secondary N) is 2. The molecule has 2 N–H and O–H groups in total. The highest BCUT2D eigenvalue weighted by atomic mass is 32.2. The van der Waals surface area contributed by atoms with Crippen LogP contribution in [0, 0.1) is 10.1 Å². The van der Waals surface area contributed by atoms with Crippen LogP contribution in [0.25, 0.3) is 0 Å². The van der Waals surface area contributed by atoms with Gasteiger partial charge in [-0.1, -0.05) is 42.5 Å². The van der Waals surface area contributed by atoms with E-state index in [0.717, 1.165) is 16.7 Å². The number of thioether (sulfide) groups is 1. The summed E-state index contributed by atoms with van der Waals surface area (Å²) in [4.78, 5) is 34.3. The Morgan fingerprint density at radius 3 is 2.39 bits per heavy atom. The first-order valence-electron chi connectivity index (χ1n) is 11.1. The van der Waals surface area contributed by atoms with Crippen LogP contribution in [0.15, 0.2) is 84.0 Å². The van der Waals surface area contributed by atoms with Crippen molar-refractivity contribution >= 4 is 35.5 Å². The monoisotopic (exact) mass is 506 g/mol. The summed E-state index contributed by atoms with van der Waals surface area (Å²) >= 11 is 1.38. The molecule has 2 amide bonds. The number of carbonyl (C=O) groups excluding carboxylic acids is 2. The van der Waals surface area contributed by atoms with Crippen LogP contribution in [0.4, 0.5) is 5.69 Å². The second-order valence-corrected chi connectivity index (χ2v) is 8.75. The Balaban J connectivity index is 1.34. The molecule has 186 valence electrons. The number of rotatable bonds is 12. The summed E-state index contributed by atoms with van der Waals surface area (Å²) < 4.78 is 5.54. The van der Waals surface area contributed by atoms with Gasteiger partial charge in [0.2, 0.25) is 5.91 Å². The van der Waals surface area contributed by atoms with Crippen molar-refractivity contribution in [2.75, 3.05) is 12.4 Å². The van der Waals surface area contributed by atoms with Crippen molar-refractivity contribution in [1.82, 2.24) is 10.7 Å². The van der Waals surface area contributed by atoms with E-state index in [1.54, 1.807) is 36.4 Å². The summed E-state index contributed by atoms with van der Waals surface area (Å²) in [5.74, 6) is 0.826. The average molecular weight is 507 g/mol. The Hall–Kier alpha value is -4.18. The maximum atomic E-state index is 12.1. The van der Waals surface area contributed by atoms with Gasteiger partial charge in [-0.05, 0) is 47.9 Å². The van der Waals surface area contributed by atoms with Crippen LogP contribution in [0.2, 0.25) is 0 Å². The third kappa shape index (κ3) is 8.88. The third-order valence-electron chi connectivity index (χ3n) is 4.98. The lowest BCUT2D eigenvalue weighted by Gasteiger charge is -2.14. The molecule has 3 aromatic rings. The molecule has 0 spiro atoms. The number of nitro groups is 1. The van der Waals surface area contributed by atoms with Gasteiger partial charge in [-0.25, -0.2) is 5.43 Å². The number of hydrazone groups is 1. The fraction of sp³-hybridized carbons (Fsp3) is 0.192. The number of amides is 2. The van der Waals surface area contributed by atoms with E-state index in [0.29, 0.717) is 11.5 Å². The van der Waals surface area contributed by atoms with E-state index in [2.05, 4.69) is 15.8 Å². The summed E-state index contributed by atoms with van der Waals surface area (Å²) in [6.07, 6.45) is 1.51. The van der Waals surface area contributed by atoms with Crippen LogP contribution in [-0.2, 0) is 15.3 Å². The van der Waals surface area contributed by atoms with Gasteiger partial charge in [-0.3, -0.25) is 19.7 Å². The minimum atomic E-state index is -0.448.